The number of pyridine rings is 1. The van der Waals surface area contributed by atoms with Gasteiger partial charge >= 0.3 is 6.09 Å². The standard InChI is InChI=1S/C28H28F2N4O2S/c1-27(2,3)34(26(35)36)25-32-28(19-7-4-6-18(14-19)23-8-5-13-31-24(23)30)17-33(15-20(28)16-37-25)22-11-9-21(29)10-12-22/h4-14,20H,15-17H2,1-3H3,(H,35,36)/t20-,28+/m0/s1. The first-order valence-electron chi connectivity index (χ1n) is 12.1. The molecule has 0 saturated carbocycles. The van der Waals surface area contributed by atoms with Gasteiger partial charge in [-0.15, -0.1) is 0 Å². The molecular formula is C28H28F2N4O2S. The summed E-state index contributed by atoms with van der Waals surface area (Å²) in [6.45, 7) is 6.67. The molecule has 2 aliphatic heterocycles. The first kappa shape index (κ1) is 25.2. The summed E-state index contributed by atoms with van der Waals surface area (Å²) in [7, 11) is 0. The Bertz CT molecular complexity index is 1360. The van der Waals surface area contributed by atoms with Crippen LogP contribution in [0.4, 0.5) is 19.3 Å². The number of hydrogen-bond acceptors (Lipinski definition) is 5. The second-order valence-electron chi connectivity index (χ2n) is 10.4. The number of thioether (sulfide) groups is 1. The molecule has 192 valence electrons. The number of aliphatic imine (C=N–C) groups is 1. The fourth-order valence-corrected chi connectivity index (χ4v) is 6.60. The van der Waals surface area contributed by atoms with Gasteiger partial charge in [-0.3, -0.25) is 4.90 Å². The van der Waals surface area contributed by atoms with Crippen LogP contribution in [0.15, 0.2) is 71.9 Å². The van der Waals surface area contributed by atoms with E-state index in [-0.39, 0.29) is 11.7 Å². The second-order valence-corrected chi connectivity index (χ2v) is 11.4. The van der Waals surface area contributed by atoms with Crippen LogP contribution in [0.25, 0.3) is 11.1 Å². The lowest BCUT2D eigenvalue weighted by molar-refractivity contribution is 0.141. The van der Waals surface area contributed by atoms with E-state index in [1.165, 1.54) is 35.0 Å². The van der Waals surface area contributed by atoms with Gasteiger partial charge in [0.1, 0.15) is 11.4 Å². The van der Waals surface area contributed by atoms with Crippen molar-refractivity contribution in [1.82, 2.24) is 9.88 Å². The van der Waals surface area contributed by atoms with Crippen LogP contribution in [0.2, 0.25) is 0 Å². The molecule has 2 aromatic carbocycles. The van der Waals surface area contributed by atoms with Gasteiger partial charge in [0, 0.05) is 47.7 Å². The lowest BCUT2D eigenvalue weighted by Gasteiger charge is -2.41. The van der Waals surface area contributed by atoms with Crippen LogP contribution >= 0.6 is 11.8 Å². The van der Waals surface area contributed by atoms with E-state index in [4.69, 9.17) is 4.99 Å². The predicted molar refractivity (Wildman–Crippen MR) is 143 cm³/mol. The van der Waals surface area contributed by atoms with E-state index in [1.54, 1.807) is 24.3 Å². The molecule has 0 spiro atoms. The molecule has 5 rings (SSSR count). The van der Waals surface area contributed by atoms with Gasteiger partial charge in [0.05, 0.1) is 0 Å². The van der Waals surface area contributed by atoms with Gasteiger partial charge in [-0.1, -0.05) is 30.0 Å². The number of nitrogens with zero attached hydrogens (tertiary/aromatic N) is 4. The van der Waals surface area contributed by atoms with Crippen LogP contribution in [0, 0.1) is 17.7 Å². The van der Waals surface area contributed by atoms with Crippen LogP contribution < -0.4 is 4.90 Å². The number of fused-ring (bicyclic) bond motifs is 1. The molecule has 2 atom stereocenters. The Morgan fingerprint density at radius 2 is 1.89 bits per heavy atom. The molecule has 0 aliphatic carbocycles. The summed E-state index contributed by atoms with van der Waals surface area (Å²) < 4.78 is 28.2. The monoisotopic (exact) mass is 522 g/mol. The summed E-state index contributed by atoms with van der Waals surface area (Å²) in [5.74, 6) is -0.154. The Labute approximate surface area is 219 Å². The Morgan fingerprint density at radius 1 is 1.14 bits per heavy atom. The highest BCUT2D eigenvalue weighted by Crippen LogP contribution is 2.48. The van der Waals surface area contributed by atoms with Crippen LogP contribution in [-0.4, -0.2) is 50.6 Å². The van der Waals surface area contributed by atoms with Gasteiger partial charge in [-0.25, -0.2) is 19.2 Å². The number of amides is 1. The fourth-order valence-electron chi connectivity index (χ4n) is 5.16. The quantitative estimate of drug-likeness (QED) is 0.413. The molecule has 1 fully saturated rings. The molecule has 3 aromatic rings. The van der Waals surface area contributed by atoms with Crippen molar-refractivity contribution >= 4 is 28.7 Å². The van der Waals surface area contributed by atoms with Crippen molar-refractivity contribution in [3.63, 3.8) is 0 Å². The molecule has 0 radical (unpaired) electrons. The predicted octanol–water partition coefficient (Wildman–Crippen LogP) is 6.24. The molecule has 1 saturated heterocycles. The molecule has 9 heteroatoms. The minimum atomic E-state index is -1.06. The number of rotatable bonds is 3. The second kappa shape index (κ2) is 9.45. The number of benzene rings is 2. The van der Waals surface area contributed by atoms with Crippen molar-refractivity contribution in [2.45, 2.75) is 31.8 Å². The van der Waals surface area contributed by atoms with E-state index in [0.29, 0.717) is 35.1 Å². The SMILES string of the molecule is CC(C)(C)N(C(=O)O)C1=N[C@@]2(c3cccc(-c4cccnc4F)c3)CN(c3ccc(F)cc3)C[C@H]2CS1. The van der Waals surface area contributed by atoms with Crippen molar-refractivity contribution < 1.29 is 18.7 Å². The number of aromatic nitrogens is 1. The third kappa shape index (κ3) is 4.68. The first-order valence-corrected chi connectivity index (χ1v) is 13.0. The number of amidine groups is 1. The van der Waals surface area contributed by atoms with Crippen molar-refractivity contribution in [3.05, 3.63) is 84.2 Å². The van der Waals surface area contributed by atoms with Crippen LogP contribution in [0.5, 0.6) is 0 Å². The van der Waals surface area contributed by atoms with Gasteiger partial charge in [-0.2, -0.15) is 4.39 Å². The van der Waals surface area contributed by atoms with Crippen LogP contribution in [-0.2, 0) is 5.54 Å². The Balaban J connectivity index is 1.65. The maximum atomic E-state index is 14.6. The summed E-state index contributed by atoms with van der Waals surface area (Å²) in [5.41, 5.74) is 1.35. The van der Waals surface area contributed by atoms with Gasteiger partial charge < -0.3 is 10.0 Å². The maximum absolute atomic E-state index is 14.6. The Kier molecular flexibility index (Phi) is 6.43. The molecule has 1 N–H and O–H groups in total. The smallest absolute Gasteiger partial charge is 0.413 e. The minimum Gasteiger partial charge on any atom is -0.465 e. The zero-order chi connectivity index (χ0) is 26.4. The van der Waals surface area contributed by atoms with Crippen LogP contribution in [0.3, 0.4) is 0 Å². The van der Waals surface area contributed by atoms with E-state index in [0.717, 1.165) is 11.3 Å². The van der Waals surface area contributed by atoms with Crippen molar-refractivity contribution in [2.24, 2.45) is 10.9 Å². The number of hydrogen-bond donors (Lipinski definition) is 1. The number of anilines is 1. The average Bonchev–Trinajstić information content (AvgIpc) is 3.24. The molecule has 37 heavy (non-hydrogen) atoms. The number of halogens is 2. The molecule has 0 bridgehead atoms. The molecule has 2 aliphatic rings. The zero-order valence-corrected chi connectivity index (χ0v) is 21.7. The Hall–Kier alpha value is -3.46. The van der Waals surface area contributed by atoms with Gasteiger partial charge in [-0.05, 0) is 74.4 Å². The molecule has 1 amide bonds. The van der Waals surface area contributed by atoms with E-state index in [2.05, 4.69) is 9.88 Å². The van der Waals surface area contributed by atoms with Gasteiger partial charge in [0.2, 0.25) is 5.95 Å². The van der Waals surface area contributed by atoms with E-state index in [1.807, 2.05) is 45.0 Å². The fraction of sp³-hybridized carbons (Fsp3) is 0.321. The first-order chi connectivity index (χ1) is 17.6. The van der Waals surface area contributed by atoms with Crippen molar-refractivity contribution in [2.75, 3.05) is 23.7 Å². The largest absolute Gasteiger partial charge is 0.465 e. The summed E-state index contributed by atoms with van der Waals surface area (Å²) in [5, 5.41) is 10.5. The topological polar surface area (TPSA) is 69.0 Å². The molecule has 3 heterocycles. The molecule has 1 aromatic heterocycles. The summed E-state index contributed by atoms with van der Waals surface area (Å²) in [4.78, 5) is 24.8. The summed E-state index contributed by atoms with van der Waals surface area (Å²) in [6.07, 6.45) is 0.351. The van der Waals surface area contributed by atoms with Crippen LogP contribution in [0.1, 0.15) is 26.3 Å². The normalized spacial score (nSPS) is 21.4. The van der Waals surface area contributed by atoms with Gasteiger partial charge in [0.15, 0.2) is 5.17 Å². The lowest BCUT2D eigenvalue weighted by atomic mass is 9.81. The summed E-state index contributed by atoms with van der Waals surface area (Å²) in [6, 6.07) is 17.4. The average molecular weight is 523 g/mol. The minimum absolute atomic E-state index is 0.0518. The highest BCUT2D eigenvalue weighted by Gasteiger charge is 2.52. The highest BCUT2D eigenvalue weighted by molar-refractivity contribution is 8.13. The van der Waals surface area contributed by atoms with E-state index < -0.39 is 23.1 Å². The maximum Gasteiger partial charge on any atom is 0.413 e. The molecular weight excluding hydrogens is 494 g/mol. The van der Waals surface area contributed by atoms with E-state index in [9.17, 15) is 18.7 Å². The summed E-state index contributed by atoms with van der Waals surface area (Å²) >= 11 is 1.44. The number of carboxylic acid groups (broad SMARTS) is 1. The zero-order valence-electron chi connectivity index (χ0n) is 20.9. The van der Waals surface area contributed by atoms with E-state index >= 15 is 0 Å². The third-order valence-corrected chi connectivity index (χ3v) is 8.04. The third-order valence-electron chi connectivity index (χ3n) is 6.93. The van der Waals surface area contributed by atoms with Crippen molar-refractivity contribution in [1.29, 1.82) is 0 Å². The number of carbonyl (C=O) groups is 1. The Morgan fingerprint density at radius 3 is 2.57 bits per heavy atom. The lowest BCUT2D eigenvalue weighted by Crippen LogP contribution is -2.51. The van der Waals surface area contributed by atoms with Crippen molar-refractivity contribution in [3.8, 4) is 11.1 Å². The van der Waals surface area contributed by atoms with Gasteiger partial charge in [0.25, 0.3) is 0 Å². The molecule has 6 nitrogen and oxygen atoms in total. The molecule has 0 unspecified atom stereocenters. The highest BCUT2D eigenvalue weighted by atomic mass is 32.2.